The third-order valence-electron chi connectivity index (χ3n) is 15.0. The summed E-state index contributed by atoms with van der Waals surface area (Å²) in [6.45, 7) is 54.0. The van der Waals surface area contributed by atoms with Crippen molar-refractivity contribution in [2.45, 2.75) is 187 Å². The second-order valence-corrected chi connectivity index (χ2v) is 22.7. The van der Waals surface area contributed by atoms with Gasteiger partial charge < -0.3 is 0 Å². The van der Waals surface area contributed by atoms with Crippen molar-refractivity contribution in [1.82, 2.24) is 89.7 Å². The van der Waals surface area contributed by atoms with Crippen LogP contribution in [0.25, 0.3) is 98.1 Å². The molecule has 0 amide bonds. The van der Waals surface area contributed by atoms with Crippen LogP contribution in [-0.4, -0.2) is 89.7 Å². The van der Waals surface area contributed by atoms with Gasteiger partial charge in [-0.3, -0.25) is 69.8 Å². The van der Waals surface area contributed by atoms with Crippen LogP contribution in [0.1, 0.15) is 175 Å². The molecule has 0 aliphatic carbocycles. The fourth-order valence-electron chi connectivity index (χ4n) is 9.96. The second-order valence-electron chi connectivity index (χ2n) is 22.7. The third kappa shape index (κ3) is 36.0. The van der Waals surface area contributed by atoms with Gasteiger partial charge in [0.05, 0.1) is 44.8 Å². The van der Waals surface area contributed by atoms with E-state index < -0.39 is 0 Å². The summed E-state index contributed by atoms with van der Waals surface area (Å²) < 4.78 is 0. The molecule has 0 saturated heterocycles. The molecule has 0 bridgehead atoms. The Morgan fingerprint density at radius 2 is 0.590 bits per heavy atom. The van der Waals surface area contributed by atoms with Gasteiger partial charge in [-0.05, 0) is 217 Å². The summed E-state index contributed by atoms with van der Waals surface area (Å²) in [5, 5.41) is 11.4. The molecule has 0 saturated carbocycles. The summed E-state index contributed by atoms with van der Waals surface area (Å²) in [4.78, 5) is 74.5. The minimum atomic E-state index is 0.818. The van der Waals surface area contributed by atoms with Crippen LogP contribution in [0.4, 0.5) is 0 Å². The summed E-state index contributed by atoms with van der Waals surface area (Å²) in [5.41, 5.74) is 17.6. The van der Waals surface area contributed by atoms with Gasteiger partial charge in [0.1, 0.15) is 6.33 Å². The molecule has 0 radical (unpaired) electrons. The van der Waals surface area contributed by atoms with Gasteiger partial charge in [-0.25, -0.2) is 19.9 Å². The number of hydrogen-bond acceptors (Lipinski definition) is 18. The molecule has 117 heavy (non-hydrogen) atoms. The summed E-state index contributed by atoms with van der Waals surface area (Å²) in [6, 6.07) is 47.7. The maximum atomic E-state index is 4.24. The monoisotopic (exact) mass is 1570 g/mol. The van der Waals surface area contributed by atoms with E-state index in [1.807, 2.05) is 370 Å². The predicted octanol–water partition coefficient (Wildman–Crippen LogP) is 26.7. The van der Waals surface area contributed by atoms with Gasteiger partial charge in [0, 0.05) is 195 Å². The lowest BCUT2D eigenvalue weighted by Gasteiger charge is -1.97. The molecule has 17 heterocycles. The zero-order valence-corrected chi connectivity index (χ0v) is 74.5. The number of aryl methyl sites for hydroxylation is 9. The predicted molar refractivity (Wildman–Crippen MR) is 501 cm³/mol. The second kappa shape index (κ2) is 62.5. The zero-order valence-electron chi connectivity index (χ0n) is 74.5. The molecule has 612 valence electrons. The number of hydrogen-bond donors (Lipinski definition) is 0. The largest absolute Gasteiger partial charge is 0.264 e. The van der Waals surface area contributed by atoms with Crippen molar-refractivity contribution in [3.8, 4) is 0 Å². The van der Waals surface area contributed by atoms with Gasteiger partial charge in [0.25, 0.3) is 0 Å². The molecule has 0 fully saturated rings. The Balaban J connectivity index is 0.000000642. The average Bonchev–Trinajstić information content (AvgIpc) is 0.802. The molecule has 0 unspecified atom stereocenters. The van der Waals surface area contributed by atoms with Gasteiger partial charge in [-0.1, -0.05) is 143 Å². The Morgan fingerprint density at radius 3 is 1.22 bits per heavy atom. The molecule has 18 heteroatoms. The zero-order chi connectivity index (χ0) is 87.1. The smallest absolute Gasteiger partial charge is 0.159 e. The highest BCUT2D eigenvalue weighted by molar-refractivity contribution is 5.85. The van der Waals surface area contributed by atoms with Crippen molar-refractivity contribution < 1.29 is 0 Å². The summed E-state index contributed by atoms with van der Waals surface area (Å²) in [6.07, 6.45) is 37.8. The first-order valence-corrected chi connectivity index (χ1v) is 40.8. The van der Waals surface area contributed by atoms with Gasteiger partial charge in [-0.2, -0.15) is 0 Å². The van der Waals surface area contributed by atoms with Crippen LogP contribution in [0.2, 0.25) is 0 Å². The SMILES string of the molecule is CC.CC.CC.CC.CC.CC.CC.CC.CC.Cc1cc2ncccc2cn1.Cc1cnc2cccnc2c1.Cc1cnc2ccncc2c1.Cc1cnc2cnccc2c1.Cc1cnc2ncccc2c1.Cc1nccc2ccncc12.Cc1nccc2cnccc12.Cc1nccc2ncccc12.Cc1ncnc2ccccc12. The minimum Gasteiger partial charge on any atom is -0.264 e. The lowest BCUT2D eigenvalue weighted by atomic mass is 10.2. The first-order valence-electron chi connectivity index (χ1n) is 40.8. The highest BCUT2D eigenvalue weighted by Gasteiger charge is 2.01. The maximum Gasteiger partial charge on any atom is 0.159 e. The Morgan fingerprint density at radius 1 is 0.179 bits per heavy atom. The van der Waals surface area contributed by atoms with Crippen LogP contribution in [0, 0.1) is 62.3 Å². The van der Waals surface area contributed by atoms with Crippen LogP contribution in [0.15, 0.2) is 276 Å². The number of pyridine rings is 16. The van der Waals surface area contributed by atoms with E-state index >= 15 is 0 Å². The lowest BCUT2D eigenvalue weighted by Crippen LogP contribution is -1.85. The fraction of sp³-hybridized carbons (Fsp3) is 0.273. The van der Waals surface area contributed by atoms with E-state index in [0.717, 1.165) is 121 Å². The number of fused-ring (bicyclic) bond motifs is 9. The quantitative estimate of drug-likeness (QED) is 0.137. The average molecular weight is 1570 g/mol. The van der Waals surface area contributed by atoms with Crippen molar-refractivity contribution in [2.24, 2.45) is 0 Å². The summed E-state index contributed by atoms with van der Waals surface area (Å²) in [7, 11) is 0. The van der Waals surface area contributed by atoms with E-state index in [9.17, 15) is 0 Å². The third-order valence-corrected chi connectivity index (χ3v) is 15.0. The molecule has 0 aliphatic rings. The Hall–Kier alpha value is -13.0. The molecule has 18 aromatic rings. The van der Waals surface area contributed by atoms with Crippen LogP contribution in [0.5, 0.6) is 0 Å². The number of nitrogens with zero attached hydrogens (tertiary/aromatic N) is 18. The number of para-hydroxylation sites is 1. The van der Waals surface area contributed by atoms with Crippen LogP contribution < -0.4 is 0 Å². The molecular weight excluding hydrogens is 1440 g/mol. The van der Waals surface area contributed by atoms with Gasteiger partial charge in [-0.15, -0.1) is 0 Å². The van der Waals surface area contributed by atoms with E-state index in [2.05, 4.69) is 108 Å². The molecule has 18 nitrogen and oxygen atoms in total. The van der Waals surface area contributed by atoms with Gasteiger partial charge >= 0.3 is 0 Å². The Kier molecular flexibility index (Phi) is 54.5. The molecule has 0 aliphatic heterocycles. The topological polar surface area (TPSA) is 232 Å². The van der Waals surface area contributed by atoms with E-state index in [1.165, 1.54) is 27.5 Å². The number of benzene rings is 1. The summed E-state index contributed by atoms with van der Waals surface area (Å²) >= 11 is 0. The van der Waals surface area contributed by atoms with Gasteiger partial charge in [0.2, 0.25) is 0 Å². The Bertz CT molecular complexity index is 4840. The van der Waals surface area contributed by atoms with Crippen molar-refractivity contribution in [2.75, 3.05) is 0 Å². The van der Waals surface area contributed by atoms with E-state index in [-0.39, 0.29) is 0 Å². The van der Waals surface area contributed by atoms with E-state index in [1.54, 1.807) is 74.5 Å². The number of aromatic nitrogens is 18. The highest BCUT2D eigenvalue weighted by Crippen LogP contribution is 2.18. The molecule has 1 aromatic carbocycles. The molecule has 0 atom stereocenters. The van der Waals surface area contributed by atoms with Crippen LogP contribution in [0.3, 0.4) is 0 Å². The maximum absolute atomic E-state index is 4.24. The molecule has 0 spiro atoms. The Labute approximate surface area is 697 Å². The normalized spacial score (nSPS) is 9.15. The van der Waals surface area contributed by atoms with Gasteiger partial charge in [0.15, 0.2) is 5.65 Å². The summed E-state index contributed by atoms with van der Waals surface area (Å²) in [5.74, 6) is 0. The van der Waals surface area contributed by atoms with Crippen molar-refractivity contribution in [3.63, 3.8) is 0 Å². The van der Waals surface area contributed by atoms with Crippen molar-refractivity contribution in [3.05, 3.63) is 327 Å². The highest BCUT2D eigenvalue weighted by atomic mass is 14.8. The minimum absolute atomic E-state index is 0.818. The van der Waals surface area contributed by atoms with Crippen molar-refractivity contribution in [1.29, 1.82) is 0 Å². The molecule has 0 N–H and O–H groups in total. The van der Waals surface area contributed by atoms with E-state index in [0.29, 0.717) is 0 Å². The van der Waals surface area contributed by atoms with E-state index in [4.69, 9.17) is 0 Å². The first kappa shape index (κ1) is 102. The van der Waals surface area contributed by atoms with Crippen LogP contribution in [-0.2, 0) is 0 Å². The standard InChI is InChI=1S/9C9H8N2.9C2H6/c1-7-9-3-4-10-6-8(9)2-5-11-7;1-7-9-6-10-4-2-8(9)3-5-11-7;1-7-4-8-6-10-3-2-9(8)11-5-7;1-7-4-8-2-3-10-6-9(8)11-5-7;1-7-8-3-2-5-11-9(8)4-6-10-7;1-7-5-9-8(6-11-7)3-2-4-10-9;1-7-5-9-8(11-6-7)3-2-4-10-9;1-7-5-8-3-2-4-10-9(8)11-6-7;1-7-8-4-2-3-5-9(8)11-6-10-7;9*1-2/h9*2-6H,1H3;9*1-2H3. The van der Waals surface area contributed by atoms with Crippen molar-refractivity contribution >= 4 is 98.1 Å². The molecule has 17 aromatic heterocycles. The number of rotatable bonds is 0. The first-order chi connectivity index (χ1) is 57.3. The van der Waals surface area contributed by atoms with Crippen LogP contribution >= 0.6 is 0 Å². The molecule has 18 rings (SSSR count). The lowest BCUT2D eigenvalue weighted by molar-refractivity contribution is 1.15. The fourth-order valence-corrected chi connectivity index (χ4v) is 9.96. The molecular formula is C99H126N18.